The molecule has 0 bridgehead atoms. The summed E-state index contributed by atoms with van der Waals surface area (Å²) >= 11 is 1.66. The van der Waals surface area contributed by atoms with E-state index in [2.05, 4.69) is 17.1 Å². The summed E-state index contributed by atoms with van der Waals surface area (Å²) in [5, 5.41) is 8.63. The van der Waals surface area contributed by atoms with Crippen molar-refractivity contribution in [3.63, 3.8) is 0 Å². The second kappa shape index (κ2) is 6.20. The van der Waals surface area contributed by atoms with Crippen LogP contribution in [0.2, 0.25) is 0 Å². The Hall–Kier alpha value is -1.76. The molecule has 0 amide bonds. The monoisotopic (exact) mass is 359 g/mol. The van der Waals surface area contributed by atoms with E-state index in [1.165, 1.54) is 19.3 Å². The minimum absolute atomic E-state index is 0.00280. The summed E-state index contributed by atoms with van der Waals surface area (Å²) in [6.45, 7) is 6.13. The summed E-state index contributed by atoms with van der Waals surface area (Å²) in [5.41, 5.74) is 4.04. The van der Waals surface area contributed by atoms with Gasteiger partial charge in [-0.2, -0.15) is 5.10 Å². The van der Waals surface area contributed by atoms with Crippen molar-refractivity contribution in [2.24, 2.45) is 12.0 Å². The zero-order chi connectivity index (χ0) is 17.7. The SMILES string of the molecule is CC1=Nc2c(c(=O)[nH]n2C2CCCCC2)[C@@H](c2c(C)nn(C)c2C)S1. The maximum Gasteiger partial charge on any atom is 0.271 e. The highest BCUT2D eigenvalue weighted by Gasteiger charge is 2.34. The number of aliphatic imine (C=N–C) groups is 1. The predicted octanol–water partition coefficient (Wildman–Crippen LogP) is 3.92. The number of aromatic nitrogens is 4. The Labute approximate surface area is 151 Å². The third kappa shape index (κ3) is 2.69. The van der Waals surface area contributed by atoms with Gasteiger partial charge in [-0.1, -0.05) is 31.0 Å². The quantitative estimate of drug-likeness (QED) is 0.884. The number of nitrogens with zero attached hydrogens (tertiary/aromatic N) is 4. The highest BCUT2D eigenvalue weighted by Crippen LogP contribution is 2.46. The Morgan fingerprint density at radius 1 is 1.12 bits per heavy atom. The van der Waals surface area contributed by atoms with Crippen LogP contribution in [0.15, 0.2) is 9.79 Å². The van der Waals surface area contributed by atoms with Gasteiger partial charge in [-0.05, 0) is 33.6 Å². The molecule has 1 atom stereocenters. The number of thioether (sulfide) groups is 1. The van der Waals surface area contributed by atoms with E-state index in [4.69, 9.17) is 4.99 Å². The molecule has 2 aromatic heterocycles. The lowest BCUT2D eigenvalue weighted by Crippen LogP contribution is -2.16. The van der Waals surface area contributed by atoms with Gasteiger partial charge in [-0.15, -0.1) is 0 Å². The summed E-state index contributed by atoms with van der Waals surface area (Å²) in [7, 11) is 1.96. The van der Waals surface area contributed by atoms with E-state index in [0.717, 1.165) is 46.2 Å². The fraction of sp³-hybridized carbons (Fsp3) is 0.611. The Morgan fingerprint density at radius 3 is 2.48 bits per heavy atom. The molecule has 7 heteroatoms. The van der Waals surface area contributed by atoms with Crippen LogP contribution in [0.25, 0.3) is 0 Å². The second-order valence-electron chi connectivity index (χ2n) is 7.18. The van der Waals surface area contributed by atoms with Crippen molar-refractivity contribution in [2.75, 3.05) is 0 Å². The van der Waals surface area contributed by atoms with E-state index in [9.17, 15) is 4.79 Å². The molecule has 1 aliphatic heterocycles. The summed E-state index contributed by atoms with van der Waals surface area (Å²) in [5.74, 6) is 0.834. The molecule has 0 unspecified atom stereocenters. The lowest BCUT2D eigenvalue weighted by Gasteiger charge is -2.26. The van der Waals surface area contributed by atoms with E-state index in [-0.39, 0.29) is 10.8 Å². The zero-order valence-corrected chi connectivity index (χ0v) is 16.1. The zero-order valence-electron chi connectivity index (χ0n) is 15.3. The van der Waals surface area contributed by atoms with Gasteiger partial charge in [-0.25, -0.2) is 4.99 Å². The second-order valence-corrected chi connectivity index (χ2v) is 8.47. The van der Waals surface area contributed by atoms with Crippen LogP contribution in [0.3, 0.4) is 0 Å². The van der Waals surface area contributed by atoms with Crippen LogP contribution in [-0.4, -0.2) is 24.6 Å². The maximum absolute atomic E-state index is 12.9. The molecule has 0 aromatic carbocycles. The van der Waals surface area contributed by atoms with Gasteiger partial charge in [-0.3, -0.25) is 19.3 Å². The number of nitrogens with one attached hydrogen (secondary N) is 1. The molecule has 134 valence electrons. The molecule has 1 fully saturated rings. The average molecular weight is 359 g/mol. The lowest BCUT2D eigenvalue weighted by molar-refractivity contribution is 0.331. The van der Waals surface area contributed by atoms with E-state index in [0.29, 0.717) is 6.04 Å². The number of hydrogen-bond donors (Lipinski definition) is 1. The topological polar surface area (TPSA) is 68.0 Å². The first kappa shape index (κ1) is 16.7. The number of aromatic amines is 1. The number of hydrogen-bond acceptors (Lipinski definition) is 4. The number of fused-ring (bicyclic) bond motifs is 1. The number of rotatable bonds is 2. The Morgan fingerprint density at radius 2 is 1.84 bits per heavy atom. The average Bonchev–Trinajstić information content (AvgIpc) is 3.04. The van der Waals surface area contributed by atoms with Crippen molar-refractivity contribution in [3.8, 4) is 0 Å². The Kier molecular flexibility index (Phi) is 4.14. The molecule has 3 heterocycles. The molecule has 2 aliphatic rings. The lowest BCUT2D eigenvalue weighted by atomic mass is 9.95. The van der Waals surface area contributed by atoms with Gasteiger partial charge in [0, 0.05) is 18.3 Å². The molecular weight excluding hydrogens is 334 g/mol. The first-order valence-electron chi connectivity index (χ1n) is 9.03. The molecule has 6 nitrogen and oxygen atoms in total. The van der Waals surface area contributed by atoms with Crippen molar-refractivity contribution in [1.29, 1.82) is 0 Å². The van der Waals surface area contributed by atoms with Crippen LogP contribution in [-0.2, 0) is 7.05 Å². The fourth-order valence-corrected chi connectivity index (χ4v) is 5.45. The molecule has 4 rings (SSSR count). The van der Waals surface area contributed by atoms with Gasteiger partial charge in [0.2, 0.25) is 0 Å². The maximum atomic E-state index is 12.9. The van der Waals surface area contributed by atoms with Gasteiger partial charge >= 0.3 is 0 Å². The van der Waals surface area contributed by atoms with Crippen molar-refractivity contribution < 1.29 is 0 Å². The third-order valence-corrected chi connectivity index (χ3v) is 6.66. The minimum atomic E-state index is -0.0326. The molecular formula is C18H25N5OS. The molecule has 0 spiro atoms. The van der Waals surface area contributed by atoms with Crippen molar-refractivity contribution >= 4 is 22.6 Å². The predicted molar refractivity (Wildman–Crippen MR) is 102 cm³/mol. The van der Waals surface area contributed by atoms with Crippen LogP contribution < -0.4 is 5.56 Å². The molecule has 25 heavy (non-hydrogen) atoms. The summed E-state index contributed by atoms with van der Waals surface area (Å²) < 4.78 is 3.95. The standard InChI is InChI=1S/C18H25N5OS/c1-10-14(11(2)22(4)20-10)16-15-17(19-12(3)25-16)23(21-18(15)24)13-8-6-5-7-9-13/h13,16H,5-9H2,1-4H3,(H,21,24)/t16-/m1/s1. The molecule has 1 aliphatic carbocycles. The number of H-pyrrole nitrogens is 1. The first-order chi connectivity index (χ1) is 12.0. The normalized spacial score (nSPS) is 21.3. The number of aryl methyl sites for hydroxylation is 2. The summed E-state index contributed by atoms with van der Waals surface area (Å²) in [4.78, 5) is 17.6. The van der Waals surface area contributed by atoms with E-state index < -0.39 is 0 Å². The van der Waals surface area contributed by atoms with Crippen LogP contribution in [0.1, 0.15) is 72.8 Å². The molecule has 0 saturated heterocycles. The first-order valence-corrected chi connectivity index (χ1v) is 9.91. The molecule has 0 radical (unpaired) electrons. The van der Waals surface area contributed by atoms with Crippen LogP contribution in [0.5, 0.6) is 0 Å². The van der Waals surface area contributed by atoms with E-state index in [1.807, 2.05) is 30.3 Å². The van der Waals surface area contributed by atoms with Crippen LogP contribution in [0.4, 0.5) is 5.82 Å². The van der Waals surface area contributed by atoms with Crippen LogP contribution >= 0.6 is 11.8 Å². The summed E-state index contributed by atoms with van der Waals surface area (Å²) in [6, 6.07) is 0.363. The van der Waals surface area contributed by atoms with E-state index >= 15 is 0 Å². The molecule has 1 N–H and O–H groups in total. The highest BCUT2D eigenvalue weighted by molar-refractivity contribution is 8.14. The fourth-order valence-electron chi connectivity index (χ4n) is 4.19. The minimum Gasteiger partial charge on any atom is -0.272 e. The summed E-state index contributed by atoms with van der Waals surface area (Å²) in [6.07, 6.45) is 5.98. The van der Waals surface area contributed by atoms with Crippen LogP contribution in [0, 0.1) is 13.8 Å². The largest absolute Gasteiger partial charge is 0.272 e. The van der Waals surface area contributed by atoms with Crippen molar-refractivity contribution in [3.05, 3.63) is 32.9 Å². The highest BCUT2D eigenvalue weighted by atomic mass is 32.2. The van der Waals surface area contributed by atoms with Crippen molar-refractivity contribution in [2.45, 2.75) is 64.2 Å². The van der Waals surface area contributed by atoms with Gasteiger partial charge in [0.1, 0.15) is 0 Å². The van der Waals surface area contributed by atoms with E-state index in [1.54, 1.807) is 11.8 Å². The smallest absolute Gasteiger partial charge is 0.271 e. The Balaban J connectivity index is 1.87. The van der Waals surface area contributed by atoms with Crippen molar-refractivity contribution in [1.82, 2.24) is 19.6 Å². The van der Waals surface area contributed by atoms with Gasteiger partial charge < -0.3 is 0 Å². The third-order valence-electron chi connectivity index (χ3n) is 5.52. The van der Waals surface area contributed by atoms with Gasteiger partial charge in [0.05, 0.1) is 27.6 Å². The van der Waals surface area contributed by atoms with Gasteiger partial charge in [0.15, 0.2) is 5.82 Å². The molecule has 1 saturated carbocycles. The molecule has 2 aromatic rings. The Bertz CT molecular complexity index is 897. The van der Waals surface area contributed by atoms with Gasteiger partial charge in [0.25, 0.3) is 5.56 Å².